The van der Waals surface area contributed by atoms with E-state index in [2.05, 4.69) is 20.4 Å². The number of nitrogens with zero attached hydrogens (tertiary/aromatic N) is 2. The van der Waals surface area contributed by atoms with E-state index in [4.69, 9.17) is 4.74 Å². The van der Waals surface area contributed by atoms with Gasteiger partial charge in [-0.15, -0.1) is 0 Å². The van der Waals surface area contributed by atoms with Crippen LogP contribution in [0, 0.1) is 0 Å². The topological polar surface area (TPSA) is 58.1 Å². The molecule has 0 amide bonds. The predicted octanol–water partition coefficient (Wildman–Crippen LogP) is 2.60. The summed E-state index contributed by atoms with van der Waals surface area (Å²) in [6.07, 6.45) is -3.66. The Bertz CT molecular complexity index is 669. The molecule has 0 aliphatic carbocycles. The molecule has 1 aliphatic heterocycles. The molecule has 158 valence electrons. The summed E-state index contributed by atoms with van der Waals surface area (Å²) in [5.41, 5.74) is 0.643. The summed E-state index contributed by atoms with van der Waals surface area (Å²) in [6, 6.07) is 4.45. The van der Waals surface area contributed by atoms with E-state index in [0.717, 1.165) is 0 Å². The van der Waals surface area contributed by atoms with Gasteiger partial charge in [0.1, 0.15) is 0 Å². The first kappa shape index (κ1) is 22.0. The highest BCUT2D eigenvalue weighted by Crippen LogP contribution is 2.29. The highest BCUT2D eigenvalue weighted by molar-refractivity contribution is 5.80. The predicted molar refractivity (Wildman–Crippen MR) is 93.9 cm³/mol. The van der Waals surface area contributed by atoms with Gasteiger partial charge in [-0.1, -0.05) is 6.07 Å². The molecule has 6 nitrogen and oxygen atoms in total. The Morgan fingerprint density at radius 3 is 2.68 bits per heavy atom. The van der Waals surface area contributed by atoms with Crippen molar-refractivity contribution < 1.29 is 31.4 Å². The Morgan fingerprint density at radius 2 is 2.07 bits per heavy atom. The van der Waals surface area contributed by atoms with Crippen LogP contribution in [-0.4, -0.2) is 63.5 Å². The Morgan fingerprint density at radius 1 is 1.32 bits per heavy atom. The standard InChI is InChI=1S/C17H23F5N4O2/c1-23-16(25-12-5-6-26(9-12)10-17(20,21)22)24-8-11-3-4-13(27-2)14(7-11)28-15(18)19/h3-4,7,12,15H,5-6,8-10H2,1-2H3,(H2,23,24,25). The average molecular weight is 410 g/mol. The quantitative estimate of drug-likeness (QED) is 0.411. The lowest BCUT2D eigenvalue weighted by molar-refractivity contribution is -0.143. The minimum Gasteiger partial charge on any atom is -0.493 e. The van der Waals surface area contributed by atoms with Crippen LogP contribution in [0.2, 0.25) is 0 Å². The minimum atomic E-state index is -4.22. The highest BCUT2D eigenvalue weighted by atomic mass is 19.4. The number of rotatable bonds is 7. The van der Waals surface area contributed by atoms with E-state index in [1.807, 2.05) is 0 Å². The van der Waals surface area contributed by atoms with Crippen molar-refractivity contribution in [1.82, 2.24) is 15.5 Å². The first-order valence-electron chi connectivity index (χ1n) is 8.58. The second-order valence-corrected chi connectivity index (χ2v) is 6.27. The molecular formula is C17H23F5N4O2. The van der Waals surface area contributed by atoms with Gasteiger partial charge in [-0.05, 0) is 24.1 Å². The van der Waals surface area contributed by atoms with Gasteiger partial charge >= 0.3 is 12.8 Å². The number of methoxy groups -OCH3 is 1. The lowest BCUT2D eigenvalue weighted by Gasteiger charge is -2.20. The van der Waals surface area contributed by atoms with E-state index in [1.165, 1.54) is 31.2 Å². The monoisotopic (exact) mass is 410 g/mol. The number of hydrogen-bond acceptors (Lipinski definition) is 4. The van der Waals surface area contributed by atoms with Gasteiger partial charge in [0.15, 0.2) is 17.5 Å². The van der Waals surface area contributed by atoms with Gasteiger partial charge in [0.05, 0.1) is 13.7 Å². The van der Waals surface area contributed by atoms with Crippen LogP contribution >= 0.6 is 0 Å². The molecule has 1 aromatic carbocycles. The van der Waals surface area contributed by atoms with Crippen molar-refractivity contribution in [2.45, 2.75) is 31.8 Å². The third kappa shape index (κ3) is 7.02. The Balaban J connectivity index is 1.89. The fourth-order valence-corrected chi connectivity index (χ4v) is 2.94. The third-order valence-electron chi connectivity index (χ3n) is 4.14. The molecule has 1 atom stereocenters. The maximum Gasteiger partial charge on any atom is 0.401 e. The zero-order valence-electron chi connectivity index (χ0n) is 15.5. The van der Waals surface area contributed by atoms with Crippen molar-refractivity contribution in [2.24, 2.45) is 4.99 Å². The molecule has 0 aromatic heterocycles. The fraction of sp³-hybridized carbons (Fsp3) is 0.588. The van der Waals surface area contributed by atoms with Crippen molar-refractivity contribution in [3.8, 4) is 11.5 Å². The van der Waals surface area contributed by atoms with Gasteiger partial charge in [0, 0.05) is 32.7 Å². The number of guanidine groups is 1. The van der Waals surface area contributed by atoms with E-state index in [9.17, 15) is 22.0 Å². The molecule has 1 aromatic rings. The molecule has 0 spiro atoms. The van der Waals surface area contributed by atoms with E-state index in [1.54, 1.807) is 6.07 Å². The molecule has 0 radical (unpaired) electrons. The molecule has 11 heteroatoms. The average Bonchev–Trinajstić information content (AvgIpc) is 3.03. The van der Waals surface area contributed by atoms with Crippen molar-refractivity contribution >= 4 is 5.96 Å². The number of benzene rings is 1. The fourth-order valence-electron chi connectivity index (χ4n) is 2.94. The van der Waals surface area contributed by atoms with E-state index in [-0.39, 0.29) is 30.6 Å². The van der Waals surface area contributed by atoms with E-state index < -0.39 is 19.3 Å². The summed E-state index contributed by atoms with van der Waals surface area (Å²) < 4.78 is 71.8. The molecule has 1 saturated heterocycles. The maximum atomic E-state index is 12.5. The summed E-state index contributed by atoms with van der Waals surface area (Å²) in [5, 5.41) is 6.08. The zero-order valence-corrected chi connectivity index (χ0v) is 15.5. The number of likely N-dealkylation sites (tertiary alicyclic amines) is 1. The van der Waals surface area contributed by atoms with Gasteiger partial charge in [-0.25, -0.2) is 0 Å². The lowest BCUT2D eigenvalue weighted by Crippen LogP contribution is -2.44. The van der Waals surface area contributed by atoms with Crippen molar-refractivity contribution in [3.63, 3.8) is 0 Å². The zero-order chi connectivity index (χ0) is 20.7. The maximum absolute atomic E-state index is 12.5. The Kier molecular flexibility index (Phi) is 7.67. The van der Waals surface area contributed by atoms with Crippen LogP contribution in [0.25, 0.3) is 0 Å². The summed E-state index contributed by atoms with van der Waals surface area (Å²) in [7, 11) is 2.89. The van der Waals surface area contributed by atoms with Crippen LogP contribution in [0.3, 0.4) is 0 Å². The molecule has 2 N–H and O–H groups in total. The van der Waals surface area contributed by atoms with Gasteiger partial charge < -0.3 is 20.1 Å². The molecular weight excluding hydrogens is 387 g/mol. The van der Waals surface area contributed by atoms with Crippen molar-refractivity contribution in [1.29, 1.82) is 0 Å². The minimum absolute atomic E-state index is 0.0849. The molecule has 1 unspecified atom stereocenters. The Hall–Kier alpha value is -2.30. The van der Waals surface area contributed by atoms with Gasteiger partial charge in [0.25, 0.3) is 0 Å². The van der Waals surface area contributed by atoms with Crippen molar-refractivity contribution in [3.05, 3.63) is 23.8 Å². The molecule has 2 rings (SSSR count). The normalized spacial score (nSPS) is 18.4. The first-order valence-corrected chi connectivity index (χ1v) is 8.58. The third-order valence-corrected chi connectivity index (χ3v) is 4.14. The van der Waals surface area contributed by atoms with Crippen LogP contribution < -0.4 is 20.1 Å². The molecule has 1 aliphatic rings. The number of alkyl halides is 5. The largest absolute Gasteiger partial charge is 0.493 e. The van der Waals surface area contributed by atoms with Crippen LogP contribution in [0.5, 0.6) is 11.5 Å². The lowest BCUT2D eigenvalue weighted by atomic mass is 10.2. The summed E-state index contributed by atoms with van der Waals surface area (Å²) in [5.74, 6) is 0.506. The number of halogens is 5. The summed E-state index contributed by atoms with van der Waals surface area (Å²) in [4.78, 5) is 5.38. The summed E-state index contributed by atoms with van der Waals surface area (Å²) in [6.45, 7) is -3.05. The Labute approximate surface area is 159 Å². The number of ether oxygens (including phenoxy) is 2. The van der Waals surface area contributed by atoms with Gasteiger partial charge in [-0.2, -0.15) is 22.0 Å². The highest BCUT2D eigenvalue weighted by Gasteiger charge is 2.34. The molecule has 0 bridgehead atoms. The molecule has 0 saturated carbocycles. The van der Waals surface area contributed by atoms with E-state index >= 15 is 0 Å². The molecule has 1 heterocycles. The SMILES string of the molecule is CN=C(NCc1ccc(OC)c(OC(F)F)c1)NC1CCN(CC(F)(F)F)C1. The van der Waals surface area contributed by atoms with E-state index in [0.29, 0.717) is 24.5 Å². The number of nitrogens with one attached hydrogen (secondary N) is 2. The second-order valence-electron chi connectivity index (χ2n) is 6.27. The van der Waals surface area contributed by atoms with Gasteiger partial charge in [0.2, 0.25) is 0 Å². The number of hydrogen-bond donors (Lipinski definition) is 2. The smallest absolute Gasteiger partial charge is 0.401 e. The van der Waals surface area contributed by atoms with Crippen LogP contribution in [0.1, 0.15) is 12.0 Å². The number of aliphatic imine (C=N–C) groups is 1. The van der Waals surface area contributed by atoms with Gasteiger partial charge in [-0.3, -0.25) is 9.89 Å². The van der Waals surface area contributed by atoms with Crippen LogP contribution in [-0.2, 0) is 6.54 Å². The molecule has 1 fully saturated rings. The van der Waals surface area contributed by atoms with Crippen molar-refractivity contribution in [2.75, 3.05) is 33.8 Å². The molecule has 28 heavy (non-hydrogen) atoms. The van der Waals surface area contributed by atoms with Crippen LogP contribution in [0.15, 0.2) is 23.2 Å². The summed E-state index contributed by atoms with van der Waals surface area (Å²) >= 11 is 0. The first-order chi connectivity index (χ1) is 13.2. The second kappa shape index (κ2) is 9.76. The van der Waals surface area contributed by atoms with Crippen LogP contribution in [0.4, 0.5) is 22.0 Å².